The van der Waals surface area contributed by atoms with E-state index < -0.39 is 14.5 Å². The van der Waals surface area contributed by atoms with Gasteiger partial charge in [0.05, 0.1) is 0 Å². The molecule has 0 rings (SSSR count). The van der Waals surface area contributed by atoms with Crippen molar-refractivity contribution in [1.29, 1.82) is 0 Å². The van der Waals surface area contributed by atoms with Crippen LogP contribution in [0.2, 0.25) is 0 Å². The summed E-state index contributed by atoms with van der Waals surface area (Å²) in [7, 11) is 0. The molecular weight excluding hydrogens is 202 g/mol. The minimum absolute atomic E-state index is 0. The van der Waals surface area contributed by atoms with Crippen molar-refractivity contribution in [2.75, 3.05) is 0 Å². The molecule has 0 spiro atoms. The Labute approximate surface area is 49.5 Å². The summed E-state index contributed by atoms with van der Waals surface area (Å²) in [6.45, 7) is 0. The molecule has 0 aliphatic rings. The van der Waals surface area contributed by atoms with Gasteiger partial charge in [-0.25, -0.2) is 0 Å². The van der Waals surface area contributed by atoms with Crippen LogP contribution in [-0.2, 0) is 20.8 Å². The smallest absolute Gasteiger partial charge is 1.00 e. The first-order valence-electron chi connectivity index (χ1n) is 0.730. The van der Waals surface area contributed by atoms with Gasteiger partial charge in [-0.1, -0.05) is 0 Å². The zero-order chi connectivity index (χ0) is 4.50. The molecule has 0 heterocycles. The molecule has 0 unspecified atom stereocenters. The average molecular weight is 203 g/mol. The quantitative estimate of drug-likeness (QED) is 0.376. The van der Waals surface area contributed by atoms with E-state index in [0.29, 0.717) is 0 Å². The van der Waals surface area contributed by atoms with E-state index in [4.69, 9.17) is 16.0 Å². The van der Waals surface area contributed by atoms with Crippen LogP contribution in [0.3, 0.4) is 0 Å². The molecule has 1 radical (unpaired) electrons. The van der Waals surface area contributed by atoms with Crippen LogP contribution >= 0.6 is 0 Å². The van der Waals surface area contributed by atoms with Gasteiger partial charge in [0.1, 0.15) is 0 Å². The molecule has 0 atom stereocenters. The van der Waals surface area contributed by atoms with E-state index >= 15 is 0 Å². The standard InChI is InChI=1S/AsH3O4.Cu/c2-1(3,4)5;/h(H3,2,3,4,5);/q;+2/p-2. The van der Waals surface area contributed by atoms with Gasteiger partial charge < -0.3 is 0 Å². The molecule has 4 nitrogen and oxygen atoms in total. The van der Waals surface area contributed by atoms with Crippen molar-refractivity contribution in [2.24, 2.45) is 0 Å². The first-order valence-corrected chi connectivity index (χ1v) is 3.79. The molecular formula is HAsCuO4. The van der Waals surface area contributed by atoms with Crippen LogP contribution in [0.25, 0.3) is 0 Å². The fourth-order valence-electron chi connectivity index (χ4n) is 0. The topological polar surface area (TPSA) is 86.2 Å². The van der Waals surface area contributed by atoms with Crippen molar-refractivity contribution in [3.8, 4) is 0 Å². The van der Waals surface area contributed by atoms with Gasteiger partial charge in [0.2, 0.25) is 0 Å². The summed E-state index contributed by atoms with van der Waals surface area (Å²) in [6.07, 6.45) is 0. The molecule has 0 fully saturated rings. The predicted octanol–water partition coefficient (Wildman–Crippen LogP) is -3.96. The number of hydrogen-bond donors (Lipinski definition) is 0. The molecule has 0 N–H and O–H groups in total. The summed E-state index contributed by atoms with van der Waals surface area (Å²) in [5.74, 6) is 0. The maximum absolute atomic E-state index is 8.61. The van der Waals surface area contributed by atoms with Gasteiger partial charge in [0, 0.05) is 0 Å². The van der Waals surface area contributed by atoms with Crippen molar-refractivity contribution >= 4 is 14.5 Å². The molecule has 0 aromatic heterocycles. The summed E-state index contributed by atoms with van der Waals surface area (Å²) in [5.41, 5.74) is 0. The van der Waals surface area contributed by atoms with Crippen molar-refractivity contribution in [3.05, 3.63) is 0 Å². The first-order chi connectivity index (χ1) is 2.00. The Kier molecular flexibility index (Phi) is 4.71. The Balaban J connectivity index is -0.0000000800. The van der Waals surface area contributed by atoms with E-state index in [1.807, 2.05) is 0 Å². The SMILES string of the molecule is O=[As]([O-])([O-])[O-].[Cu+2].[H+]. The molecule has 0 amide bonds. The van der Waals surface area contributed by atoms with Crippen LogP contribution in [0, 0.1) is 0 Å². The molecule has 41 valence electrons. The van der Waals surface area contributed by atoms with Gasteiger partial charge >= 0.3 is 49.0 Å². The minimum atomic E-state index is -5.88. The maximum atomic E-state index is 8.61. The van der Waals surface area contributed by atoms with Gasteiger partial charge in [-0.05, 0) is 0 Å². The van der Waals surface area contributed by atoms with Crippen LogP contribution in [0.4, 0.5) is 0 Å². The molecule has 0 bridgehead atoms. The van der Waals surface area contributed by atoms with E-state index in [0.717, 1.165) is 0 Å². The normalized spacial score (nSPS) is 9.83. The average Bonchev–Trinajstić information content (AvgIpc) is 0.722. The van der Waals surface area contributed by atoms with Crippen molar-refractivity contribution < 1.29 is 34.5 Å². The van der Waals surface area contributed by atoms with Gasteiger partial charge in [-0.3, -0.25) is 0 Å². The fourth-order valence-corrected chi connectivity index (χ4v) is 0. The molecule has 6 heavy (non-hydrogen) atoms. The second-order valence-electron chi connectivity index (χ2n) is 0.447. The first kappa shape index (κ1) is 9.90. The molecule has 0 saturated heterocycles. The van der Waals surface area contributed by atoms with Crippen LogP contribution in [0.15, 0.2) is 0 Å². The van der Waals surface area contributed by atoms with Gasteiger partial charge in [0.25, 0.3) is 0 Å². The molecule has 6 heteroatoms. The maximum Gasteiger partial charge on any atom is 2.00 e. The predicted molar refractivity (Wildman–Crippen MR) is 7.55 cm³/mol. The van der Waals surface area contributed by atoms with Crippen LogP contribution < -0.4 is 12.3 Å². The summed E-state index contributed by atoms with van der Waals surface area (Å²) in [5, 5.41) is 0. The van der Waals surface area contributed by atoms with E-state index in [2.05, 4.69) is 0 Å². The second kappa shape index (κ2) is 2.85. The molecule has 0 saturated carbocycles. The second-order valence-corrected chi connectivity index (χ2v) is 2.32. The molecule has 0 aliphatic carbocycles. The monoisotopic (exact) mass is 203 g/mol. The minimum Gasteiger partial charge on any atom is 1.00 e. The molecule has 0 aromatic carbocycles. The van der Waals surface area contributed by atoms with Crippen LogP contribution in [-0.4, -0.2) is 14.5 Å². The number of rotatable bonds is 0. The summed E-state index contributed by atoms with van der Waals surface area (Å²) >= 11 is -5.88. The number of hydrogen-bond acceptors (Lipinski definition) is 4. The Morgan fingerprint density at radius 1 is 1.33 bits per heavy atom. The third-order valence-electron chi connectivity index (χ3n) is 0. The van der Waals surface area contributed by atoms with Gasteiger partial charge in [0.15, 0.2) is 0 Å². The Bertz CT molecular complexity index is 57.8. The zero-order valence-corrected chi connectivity index (χ0v) is 5.20. The largest absolute Gasteiger partial charge is 2.00 e. The Hall–Kier alpha value is 0.758. The molecule has 0 aromatic rings. The van der Waals surface area contributed by atoms with E-state index in [9.17, 15) is 0 Å². The van der Waals surface area contributed by atoms with E-state index in [-0.39, 0.29) is 18.5 Å². The van der Waals surface area contributed by atoms with Crippen LogP contribution in [0.1, 0.15) is 1.43 Å². The van der Waals surface area contributed by atoms with E-state index in [1.165, 1.54) is 0 Å². The third kappa shape index (κ3) is 117. The van der Waals surface area contributed by atoms with Crippen molar-refractivity contribution in [2.45, 2.75) is 0 Å². The Morgan fingerprint density at radius 2 is 1.33 bits per heavy atom. The van der Waals surface area contributed by atoms with Crippen molar-refractivity contribution in [3.63, 3.8) is 0 Å². The van der Waals surface area contributed by atoms with Gasteiger partial charge in [-0.15, -0.1) is 0 Å². The van der Waals surface area contributed by atoms with Gasteiger partial charge in [-0.2, -0.15) is 0 Å². The summed E-state index contributed by atoms with van der Waals surface area (Å²) < 4.78 is 34.4. The third-order valence-corrected chi connectivity index (χ3v) is 0. The summed E-state index contributed by atoms with van der Waals surface area (Å²) in [6, 6.07) is 0. The van der Waals surface area contributed by atoms with Crippen LogP contribution in [0.5, 0.6) is 0 Å². The fraction of sp³-hybridized carbons (Fsp3) is 0. The zero-order valence-electron chi connectivity index (χ0n) is 3.38. The summed E-state index contributed by atoms with van der Waals surface area (Å²) in [4.78, 5) is 0. The Morgan fingerprint density at radius 3 is 1.33 bits per heavy atom. The van der Waals surface area contributed by atoms with E-state index in [1.54, 1.807) is 0 Å². The molecule has 0 aliphatic heterocycles. The van der Waals surface area contributed by atoms with Crippen molar-refractivity contribution in [1.82, 2.24) is 0 Å².